The van der Waals surface area contributed by atoms with Crippen LogP contribution in [0.2, 0.25) is 0 Å². The van der Waals surface area contributed by atoms with Crippen molar-refractivity contribution in [3.8, 4) is 5.69 Å². The summed E-state index contributed by atoms with van der Waals surface area (Å²) in [6, 6.07) is 9.70. The number of nitrogens with one attached hydrogen (secondary N) is 3. The highest BCUT2D eigenvalue weighted by molar-refractivity contribution is 6.08. The molecule has 4 heterocycles. The standard InChI is InChI=1S/C31H33N9O5/c1-16(2)32-31(45)38-14-13-20-19(15-38)7-5-10-23(20)40-17(3)26(36-37-40)29(43)34-22-9-6-8-21-27(22)33-18(4)39(30(21)44)24-11-12-25(41)35-28(24)42/h5-10,16,24H,11-15H2,1-4H3,(H,32,45)(H,34,43)(H,35,41,42). The van der Waals surface area contributed by atoms with Crippen molar-refractivity contribution < 1.29 is 19.2 Å². The second-order valence-electron chi connectivity index (χ2n) is 11.6. The summed E-state index contributed by atoms with van der Waals surface area (Å²) < 4.78 is 2.92. The molecule has 232 valence electrons. The van der Waals surface area contributed by atoms with Crippen LogP contribution in [0.25, 0.3) is 16.6 Å². The molecular formula is C31H33N9O5. The highest BCUT2D eigenvalue weighted by atomic mass is 16.2. The summed E-state index contributed by atoms with van der Waals surface area (Å²) >= 11 is 0. The minimum absolute atomic E-state index is 0.0397. The van der Waals surface area contributed by atoms with E-state index in [1.54, 1.807) is 41.6 Å². The van der Waals surface area contributed by atoms with Gasteiger partial charge in [-0.05, 0) is 69.9 Å². The Morgan fingerprint density at radius 2 is 1.82 bits per heavy atom. The van der Waals surface area contributed by atoms with Crippen LogP contribution >= 0.6 is 0 Å². The first-order valence-corrected chi connectivity index (χ1v) is 14.8. The molecule has 2 aromatic carbocycles. The van der Waals surface area contributed by atoms with Gasteiger partial charge in [0.15, 0.2) is 5.69 Å². The van der Waals surface area contributed by atoms with Crippen molar-refractivity contribution in [1.29, 1.82) is 0 Å². The second-order valence-corrected chi connectivity index (χ2v) is 11.6. The third-order valence-corrected chi connectivity index (χ3v) is 8.16. The normalized spacial score (nSPS) is 16.5. The summed E-state index contributed by atoms with van der Waals surface area (Å²) in [5.74, 6) is -1.17. The van der Waals surface area contributed by atoms with E-state index in [9.17, 15) is 24.0 Å². The second kappa shape index (κ2) is 11.6. The van der Waals surface area contributed by atoms with Crippen LogP contribution in [0, 0.1) is 13.8 Å². The molecule has 0 bridgehead atoms. The number of anilines is 1. The van der Waals surface area contributed by atoms with Crippen molar-refractivity contribution in [2.75, 3.05) is 11.9 Å². The van der Waals surface area contributed by atoms with E-state index in [-0.39, 0.29) is 53.2 Å². The first-order valence-electron chi connectivity index (χ1n) is 14.8. The Hall–Kier alpha value is -5.40. The average molecular weight is 612 g/mol. The third kappa shape index (κ3) is 5.43. The van der Waals surface area contributed by atoms with Crippen molar-refractivity contribution >= 4 is 40.3 Å². The van der Waals surface area contributed by atoms with E-state index >= 15 is 0 Å². The number of urea groups is 1. The summed E-state index contributed by atoms with van der Waals surface area (Å²) in [6.45, 7) is 8.21. The van der Waals surface area contributed by atoms with Crippen molar-refractivity contribution in [2.24, 2.45) is 0 Å². The zero-order chi connectivity index (χ0) is 32.0. The smallest absolute Gasteiger partial charge is 0.317 e. The lowest BCUT2D eigenvalue weighted by Crippen LogP contribution is -2.45. The fourth-order valence-electron chi connectivity index (χ4n) is 5.97. The molecule has 0 spiro atoms. The molecule has 14 heteroatoms. The molecular weight excluding hydrogens is 578 g/mol. The number of aryl methyl sites for hydroxylation is 1. The first kappa shape index (κ1) is 29.7. The topological polar surface area (TPSA) is 173 Å². The SMILES string of the molecule is Cc1c(C(=O)Nc2cccc3c(=O)n(C4CCC(=O)NC4=O)c(C)nc23)nnn1-c1cccc2c1CCN(C(=O)NC(C)C)C2. The molecule has 2 aromatic heterocycles. The maximum Gasteiger partial charge on any atom is 0.317 e. The molecule has 1 unspecified atom stereocenters. The van der Waals surface area contributed by atoms with Crippen LogP contribution in [0.1, 0.15) is 65.9 Å². The van der Waals surface area contributed by atoms with E-state index in [2.05, 4.69) is 31.2 Å². The van der Waals surface area contributed by atoms with E-state index in [1.165, 1.54) is 4.57 Å². The van der Waals surface area contributed by atoms with Gasteiger partial charge in [-0.25, -0.2) is 14.5 Å². The zero-order valence-electron chi connectivity index (χ0n) is 25.4. The molecule has 3 N–H and O–H groups in total. The molecule has 5 amide bonds. The van der Waals surface area contributed by atoms with Crippen LogP contribution in [0.15, 0.2) is 41.2 Å². The number of fused-ring (bicyclic) bond motifs is 2. The quantitative estimate of drug-likeness (QED) is 0.288. The largest absolute Gasteiger partial charge is 0.336 e. The van der Waals surface area contributed by atoms with Gasteiger partial charge in [0.2, 0.25) is 11.8 Å². The number of aromatic nitrogens is 5. The molecule has 14 nitrogen and oxygen atoms in total. The number of amides is 5. The van der Waals surface area contributed by atoms with Crippen molar-refractivity contribution in [3.05, 3.63) is 75.1 Å². The number of imide groups is 1. The van der Waals surface area contributed by atoms with E-state index in [0.29, 0.717) is 30.9 Å². The fraction of sp³-hybridized carbons (Fsp3) is 0.355. The van der Waals surface area contributed by atoms with E-state index in [0.717, 1.165) is 16.8 Å². The summed E-state index contributed by atoms with van der Waals surface area (Å²) in [4.78, 5) is 70.1. The highest BCUT2D eigenvalue weighted by Crippen LogP contribution is 2.28. The maximum atomic E-state index is 13.5. The number of benzene rings is 2. The summed E-state index contributed by atoms with van der Waals surface area (Å²) in [6.07, 6.45) is 0.936. The Kier molecular flexibility index (Phi) is 7.64. The monoisotopic (exact) mass is 611 g/mol. The molecule has 0 aliphatic carbocycles. The number of nitrogens with zero attached hydrogens (tertiary/aromatic N) is 6. The van der Waals surface area contributed by atoms with Gasteiger partial charge in [0.05, 0.1) is 22.5 Å². The molecule has 1 fully saturated rings. The van der Waals surface area contributed by atoms with Crippen molar-refractivity contribution in [2.45, 2.75) is 65.6 Å². The Labute approximate surface area is 257 Å². The van der Waals surface area contributed by atoms with Crippen LogP contribution in [-0.4, -0.2) is 65.8 Å². The number of para-hydroxylation sites is 1. The van der Waals surface area contributed by atoms with Crippen LogP contribution in [0.3, 0.4) is 0 Å². The van der Waals surface area contributed by atoms with Gasteiger partial charge in [-0.1, -0.05) is 23.4 Å². The Morgan fingerprint density at radius 1 is 1.04 bits per heavy atom. The minimum Gasteiger partial charge on any atom is -0.336 e. The first-order chi connectivity index (χ1) is 21.5. The number of hydrogen-bond acceptors (Lipinski definition) is 8. The molecule has 0 radical (unpaired) electrons. The van der Waals surface area contributed by atoms with Gasteiger partial charge in [-0.2, -0.15) is 0 Å². The molecule has 1 saturated heterocycles. The van der Waals surface area contributed by atoms with Gasteiger partial charge in [-0.3, -0.25) is 29.1 Å². The minimum atomic E-state index is -0.855. The summed E-state index contributed by atoms with van der Waals surface area (Å²) in [5, 5.41) is 16.7. The van der Waals surface area contributed by atoms with E-state index < -0.39 is 23.4 Å². The fourth-order valence-corrected chi connectivity index (χ4v) is 5.97. The van der Waals surface area contributed by atoms with Crippen molar-refractivity contribution in [1.82, 2.24) is 40.1 Å². The number of piperidine rings is 1. The molecule has 0 saturated carbocycles. The molecule has 2 aliphatic heterocycles. The molecule has 4 aromatic rings. The molecule has 1 atom stereocenters. The van der Waals surface area contributed by atoms with E-state index in [4.69, 9.17) is 0 Å². The summed E-state index contributed by atoms with van der Waals surface area (Å²) in [7, 11) is 0. The maximum absolute atomic E-state index is 13.5. The summed E-state index contributed by atoms with van der Waals surface area (Å²) in [5.41, 5.74) is 3.57. The lowest BCUT2D eigenvalue weighted by Gasteiger charge is -2.30. The Bertz CT molecular complexity index is 1940. The van der Waals surface area contributed by atoms with Gasteiger partial charge in [0, 0.05) is 25.6 Å². The van der Waals surface area contributed by atoms with Gasteiger partial charge in [0.1, 0.15) is 17.4 Å². The van der Waals surface area contributed by atoms with Crippen LogP contribution in [-0.2, 0) is 22.6 Å². The van der Waals surface area contributed by atoms with Gasteiger partial charge < -0.3 is 15.5 Å². The van der Waals surface area contributed by atoms with Gasteiger partial charge in [-0.15, -0.1) is 5.10 Å². The highest BCUT2D eigenvalue weighted by Gasteiger charge is 2.31. The predicted molar refractivity (Wildman–Crippen MR) is 164 cm³/mol. The molecule has 6 rings (SSSR count). The zero-order valence-corrected chi connectivity index (χ0v) is 25.4. The lowest BCUT2D eigenvalue weighted by atomic mass is 9.98. The van der Waals surface area contributed by atoms with Gasteiger partial charge in [0.25, 0.3) is 11.5 Å². The van der Waals surface area contributed by atoms with E-state index in [1.807, 2.05) is 32.0 Å². The number of carbonyl (C=O) groups excluding carboxylic acids is 4. The Morgan fingerprint density at radius 3 is 2.58 bits per heavy atom. The van der Waals surface area contributed by atoms with Crippen LogP contribution in [0.4, 0.5) is 10.5 Å². The molecule has 45 heavy (non-hydrogen) atoms. The van der Waals surface area contributed by atoms with Crippen LogP contribution in [0.5, 0.6) is 0 Å². The number of carbonyl (C=O) groups is 4. The molecule has 2 aliphatic rings. The number of rotatable bonds is 5. The van der Waals surface area contributed by atoms with Crippen molar-refractivity contribution in [3.63, 3.8) is 0 Å². The van der Waals surface area contributed by atoms with Crippen LogP contribution < -0.4 is 21.5 Å². The lowest BCUT2D eigenvalue weighted by molar-refractivity contribution is -0.135. The Balaban J connectivity index is 1.27. The number of hydrogen-bond donors (Lipinski definition) is 3. The third-order valence-electron chi connectivity index (χ3n) is 8.16. The predicted octanol–water partition coefficient (Wildman–Crippen LogP) is 2.30. The van der Waals surface area contributed by atoms with Gasteiger partial charge >= 0.3 is 6.03 Å². The average Bonchev–Trinajstić information content (AvgIpc) is 3.38.